The van der Waals surface area contributed by atoms with Gasteiger partial charge in [0.2, 0.25) is 5.91 Å². The molecule has 1 aromatic rings. The van der Waals surface area contributed by atoms with E-state index in [4.69, 9.17) is 0 Å². The molecule has 0 spiro atoms. The van der Waals surface area contributed by atoms with Crippen molar-refractivity contribution in [2.75, 3.05) is 6.54 Å². The molecule has 110 valence electrons. The highest BCUT2D eigenvalue weighted by Gasteiger charge is 2.23. The SMILES string of the molecule is O=C(CCc1ccc(O)cc1)NC[C@@H](O)C1CCCC1. The Morgan fingerprint density at radius 2 is 1.90 bits per heavy atom. The lowest BCUT2D eigenvalue weighted by Crippen LogP contribution is -2.35. The van der Waals surface area contributed by atoms with Crippen LogP contribution in [0.15, 0.2) is 24.3 Å². The number of carbonyl (C=O) groups excluding carboxylic acids is 1. The van der Waals surface area contributed by atoms with Gasteiger partial charge in [0.25, 0.3) is 0 Å². The maximum Gasteiger partial charge on any atom is 0.220 e. The lowest BCUT2D eigenvalue weighted by Gasteiger charge is -2.18. The average Bonchev–Trinajstić information content (AvgIpc) is 2.98. The van der Waals surface area contributed by atoms with Crippen LogP contribution in [-0.4, -0.2) is 28.8 Å². The van der Waals surface area contributed by atoms with Crippen LogP contribution in [0.3, 0.4) is 0 Å². The standard InChI is InChI=1S/C16H23NO3/c18-14-8-5-12(6-9-14)7-10-16(20)17-11-15(19)13-3-1-2-4-13/h5-6,8-9,13,15,18-19H,1-4,7,10-11H2,(H,17,20)/t15-/m1/s1. The first kappa shape index (κ1) is 14.9. The highest BCUT2D eigenvalue weighted by atomic mass is 16.3. The predicted molar refractivity (Wildman–Crippen MR) is 77.4 cm³/mol. The Bertz CT molecular complexity index is 424. The number of phenols is 1. The van der Waals surface area contributed by atoms with E-state index in [-0.39, 0.29) is 11.7 Å². The van der Waals surface area contributed by atoms with Crippen molar-refractivity contribution in [3.8, 4) is 5.75 Å². The smallest absolute Gasteiger partial charge is 0.220 e. The fourth-order valence-electron chi connectivity index (χ4n) is 2.74. The normalized spacial score (nSPS) is 17.1. The van der Waals surface area contributed by atoms with E-state index in [1.54, 1.807) is 12.1 Å². The van der Waals surface area contributed by atoms with E-state index in [0.29, 0.717) is 25.3 Å². The van der Waals surface area contributed by atoms with Crippen LogP contribution in [0.5, 0.6) is 5.75 Å². The van der Waals surface area contributed by atoms with Gasteiger partial charge in [0.1, 0.15) is 5.75 Å². The number of phenolic OH excluding ortho intramolecular Hbond substituents is 1. The number of benzene rings is 1. The molecule has 3 N–H and O–H groups in total. The average molecular weight is 277 g/mol. The molecule has 1 atom stereocenters. The van der Waals surface area contributed by atoms with Crippen LogP contribution in [0.25, 0.3) is 0 Å². The first-order valence-corrected chi connectivity index (χ1v) is 7.38. The van der Waals surface area contributed by atoms with Gasteiger partial charge in [-0.25, -0.2) is 0 Å². The van der Waals surface area contributed by atoms with Gasteiger partial charge in [-0.15, -0.1) is 0 Å². The molecule has 4 heteroatoms. The summed E-state index contributed by atoms with van der Waals surface area (Å²) in [6, 6.07) is 6.88. The third kappa shape index (κ3) is 4.53. The molecule has 0 bridgehead atoms. The second-order valence-electron chi connectivity index (χ2n) is 5.58. The van der Waals surface area contributed by atoms with Crippen LogP contribution in [0.2, 0.25) is 0 Å². The number of amides is 1. The molecule has 20 heavy (non-hydrogen) atoms. The third-order valence-electron chi connectivity index (χ3n) is 4.03. The molecule has 1 saturated carbocycles. The van der Waals surface area contributed by atoms with Gasteiger partial charge in [0.15, 0.2) is 0 Å². The van der Waals surface area contributed by atoms with Crippen molar-refractivity contribution in [3.05, 3.63) is 29.8 Å². The molecule has 0 heterocycles. The zero-order chi connectivity index (χ0) is 14.4. The summed E-state index contributed by atoms with van der Waals surface area (Å²) in [5.41, 5.74) is 1.02. The molecule has 0 aliphatic heterocycles. The van der Waals surface area contributed by atoms with Gasteiger partial charge >= 0.3 is 0 Å². The zero-order valence-corrected chi connectivity index (χ0v) is 11.7. The Morgan fingerprint density at radius 1 is 1.25 bits per heavy atom. The topological polar surface area (TPSA) is 69.6 Å². The lowest BCUT2D eigenvalue weighted by molar-refractivity contribution is -0.121. The zero-order valence-electron chi connectivity index (χ0n) is 11.7. The highest BCUT2D eigenvalue weighted by molar-refractivity contribution is 5.76. The summed E-state index contributed by atoms with van der Waals surface area (Å²) in [6.07, 6.45) is 5.17. The van der Waals surface area contributed by atoms with Crippen LogP contribution in [0.1, 0.15) is 37.7 Å². The minimum absolute atomic E-state index is 0.0323. The van der Waals surface area contributed by atoms with Gasteiger partial charge in [0.05, 0.1) is 6.10 Å². The van der Waals surface area contributed by atoms with Crippen LogP contribution in [0, 0.1) is 5.92 Å². The van der Waals surface area contributed by atoms with Gasteiger partial charge in [-0.3, -0.25) is 4.79 Å². The fraction of sp³-hybridized carbons (Fsp3) is 0.562. The summed E-state index contributed by atoms with van der Waals surface area (Å²) in [4.78, 5) is 11.7. The minimum Gasteiger partial charge on any atom is -0.508 e. The fourth-order valence-corrected chi connectivity index (χ4v) is 2.74. The van der Waals surface area contributed by atoms with Gasteiger partial charge < -0.3 is 15.5 Å². The minimum atomic E-state index is -0.407. The maximum atomic E-state index is 11.7. The van der Waals surface area contributed by atoms with Crippen molar-refractivity contribution >= 4 is 5.91 Å². The van der Waals surface area contributed by atoms with Crippen molar-refractivity contribution in [1.29, 1.82) is 0 Å². The number of aliphatic hydroxyl groups is 1. The second kappa shape index (κ2) is 7.29. The van der Waals surface area contributed by atoms with E-state index in [9.17, 15) is 15.0 Å². The first-order chi connectivity index (χ1) is 9.65. The molecule has 1 aliphatic carbocycles. The van der Waals surface area contributed by atoms with Crippen molar-refractivity contribution < 1.29 is 15.0 Å². The molecular formula is C16H23NO3. The summed E-state index contributed by atoms with van der Waals surface area (Å²) in [6.45, 7) is 0.360. The quantitative estimate of drug-likeness (QED) is 0.745. The lowest BCUT2D eigenvalue weighted by atomic mass is 10.0. The summed E-state index contributed by atoms with van der Waals surface area (Å²) in [5.74, 6) is 0.556. The molecule has 0 aromatic heterocycles. The van der Waals surface area contributed by atoms with Gasteiger partial charge in [-0.05, 0) is 42.9 Å². The van der Waals surface area contributed by atoms with Crippen molar-refractivity contribution in [1.82, 2.24) is 5.32 Å². The molecular weight excluding hydrogens is 254 g/mol. The number of hydrogen-bond acceptors (Lipinski definition) is 3. The third-order valence-corrected chi connectivity index (χ3v) is 4.03. The molecule has 4 nitrogen and oxygen atoms in total. The van der Waals surface area contributed by atoms with E-state index in [2.05, 4.69) is 5.32 Å². The number of aromatic hydroxyl groups is 1. The van der Waals surface area contributed by atoms with E-state index < -0.39 is 6.10 Å². The summed E-state index contributed by atoms with van der Waals surface area (Å²) in [5, 5.41) is 21.9. The Morgan fingerprint density at radius 3 is 2.55 bits per heavy atom. The molecule has 1 aliphatic rings. The number of carbonyl (C=O) groups is 1. The van der Waals surface area contributed by atoms with Crippen molar-refractivity contribution in [3.63, 3.8) is 0 Å². The van der Waals surface area contributed by atoms with Crippen molar-refractivity contribution in [2.45, 2.75) is 44.6 Å². The van der Waals surface area contributed by atoms with Gasteiger partial charge in [-0.2, -0.15) is 0 Å². The number of aryl methyl sites for hydroxylation is 1. The number of nitrogens with one attached hydrogen (secondary N) is 1. The highest BCUT2D eigenvalue weighted by Crippen LogP contribution is 2.27. The summed E-state index contributed by atoms with van der Waals surface area (Å²) in [7, 11) is 0. The van der Waals surface area contributed by atoms with E-state index in [1.165, 1.54) is 12.8 Å². The van der Waals surface area contributed by atoms with Crippen LogP contribution in [0.4, 0.5) is 0 Å². The van der Waals surface area contributed by atoms with Gasteiger partial charge in [0, 0.05) is 13.0 Å². The molecule has 1 aromatic carbocycles. The molecule has 1 amide bonds. The second-order valence-corrected chi connectivity index (χ2v) is 5.58. The maximum absolute atomic E-state index is 11.7. The van der Waals surface area contributed by atoms with Crippen LogP contribution < -0.4 is 5.32 Å². The van der Waals surface area contributed by atoms with Crippen LogP contribution in [-0.2, 0) is 11.2 Å². The summed E-state index contributed by atoms with van der Waals surface area (Å²) < 4.78 is 0. The van der Waals surface area contributed by atoms with E-state index >= 15 is 0 Å². The Hall–Kier alpha value is -1.55. The predicted octanol–water partition coefficient (Wildman–Crippen LogP) is 1.99. The molecule has 0 radical (unpaired) electrons. The van der Waals surface area contributed by atoms with E-state index in [1.807, 2.05) is 12.1 Å². The molecule has 1 fully saturated rings. The van der Waals surface area contributed by atoms with Gasteiger partial charge in [-0.1, -0.05) is 25.0 Å². The molecule has 0 saturated heterocycles. The van der Waals surface area contributed by atoms with Crippen LogP contribution >= 0.6 is 0 Å². The monoisotopic (exact) mass is 277 g/mol. The Kier molecular flexibility index (Phi) is 5.41. The first-order valence-electron chi connectivity index (χ1n) is 7.38. The number of rotatable bonds is 6. The van der Waals surface area contributed by atoms with E-state index in [0.717, 1.165) is 18.4 Å². The van der Waals surface area contributed by atoms with Crippen molar-refractivity contribution in [2.24, 2.45) is 5.92 Å². The Labute approximate surface area is 119 Å². The largest absolute Gasteiger partial charge is 0.508 e. The molecule has 2 rings (SSSR count). The molecule has 0 unspecified atom stereocenters. The Balaban J connectivity index is 1.66. The summed E-state index contributed by atoms with van der Waals surface area (Å²) >= 11 is 0. The number of aliphatic hydroxyl groups excluding tert-OH is 1. The number of hydrogen-bond donors (Lipinski definition) is 3.